The number of carbonyl (C=O) groups is 1. The highest BCUT2D eigenvalue weighted by atomic mass is 35.5. The van der Waals surface area contributed by atoms with Gasteiger partial charge in [-0.3, -0.25) is 9.36 Å². The van der Waals surface area contributed by atoms with E-state index < -0.39 is 49.4 Å². The van der Waals surface area contributed by atoms with Crippen molar-refractivity contribution in [2.75, 3.05) is 32.0 Å². The van der Waals surface area contributed by atoms with Crippen LogP contribution in [0.1, 0.15) is 19.0 Å². The molecule has 0 saturated carbocycles. The van der Waals surface area contributed by atoms with E-state index in [1.165, 1.54) is 24.9 Å². The Morgan fingerprint density at radius 1 is 1.38 bits per heavy atom. The van der Waals surface area contributed by atoms with Gasteiger partial charge in [0, 0.05) is 7.05 Å². The highest BCUT2D eigenvalue weighted by Gasteiger charge is 2.57. The van der Waals surface area contributed by atoms with Gasteiger partial charge in [0.25, 0.3) is 0 Å². The quantitative estimate of drug-likeness (QED) is 0.169. The van der Waals surface area contributed by atoms with Crippen molar-refractivity contribution in [1.82, 2.24) is 24.6 Å². The fourth-order valence-corrected chi connectivity index (χ4v) is 6.79. The van der Waals surface area contributed by atoms with Crippen LogP contribution < -0.4 is 14.9 Å². The normalized spacial score (nSPS) is 25.3. The number of nitrogens with zero attached hydrogens (tertiary/aromatic N) is 4. The Bertz CT molecular complexity index is 1370. The van der Waals surface area contributed by atoms with Crippen molar-refractivity contribution in [3.8, 4) is 5.75 Å². The van der Waals surface area contributed by atoms with Crippen molar-refractivity contribution < 1.29 is 32.8 Å². The first kappa shape index (κ1) is 29.5. The van der Waals surface area contributed by atoms with Gasteiger partial charge in [-0.05, 0) is 37.8 Å². The first-order valence-corrected chi connectivity index (χ1v) is 15.0. The SMILES string of the molecule is CNc1nc(C)nc2c1ncn2[C@@H]1O[C@](CCl)(COP(=S)(N[C@H](C)C(=O)OC)Oc2ccccc2)[C@@H](O)[C@H]1F. The standard InChI is InChI=1S/C23H29ClFN6O6PS/c1-13(22(33)34-4)30-38(39,37-15-8-6-5-7-9-15)35-11-23(10-24)18(32)16(25)21(36-23)31-12-27-17-19(26-3)28-14(2)29-20(17)31/h5-9,12-13,16,18,21,32H,10-11H2,1-4H3,(H,30,39)(H,26,28,29)/t13-,16-,18+,21-,23-,38?/m1/s1. The number of fused-ring (bicyclic) bond motifs is 1. The molecule has 1 aromatic carbocycles. The molecule has 3 N–H and O–H groups in total. The topological polar surface area (TPSA) is 142 Å². The number of nitrogens with one attached hydrogen (secondary N) is 2. The number of rotatable bonds is 11. The summed E-state index contributed by atoms with van der Waals surface area (Å²) in [7, 11) is 2.92. The third-order valence-electron chi connectivity index (χ3n) is 6.09. The van der Waals surface area contributed by atoms with Crippen LogP contribution in [-0.2, 0) is 30.6 Å². The predicted octanol–water partition coefficient (Wildman–Crippen LogP) is 2.85. The van der Waals surface area contributed by atoms with Crippen LogP contribution in [0, 0.1) is 6.92 Å². The van der Waals surface area contributed by atoms with Crippen molar-refractivity contribution in [2.24, 2.45) is 0 Å². The fraction of sp³-hybridized carbons (Fsp3) is 0.478. The number of benzene rings is 1. The molecular formula is C23H29ClFN6O6PS. The average molecular weight is 603 g/mol. The Morgan fingerprint density at radius 2 is 2.10 bits per heavy atom. The lowest BCUT2D eigenvalue weighted by atomic mass is 9.99. The Morgan fingerprint density at radius 3 is 2.74 bits per heavy atom. The van der Waals surface area contributed by atoms with Crippen molar-refractivity contribution in [3.63, 3.8) is 0 Å². The lowest BCUT2D eigenvalue weighted by molar-refractivity contribution is -0.142. The number of anilines is 1. The van der Waals surface area contributed by atoms with Crippen molar-refractivity contribution >= 4 is 53.0 Å². The molecule has 39 heavy (non-hydrogen) atoms. The predicted molar refractivity (Wildman–Crippen MR) is 146 cm³/mol. The number of hydrogen-bond acceptors (Lipinski definition) is 11. The molecule has 2 aromatic heterocycles. The molecule has 1 unspecified atom stereocenters. The van der Waals surface area contributed by atoms with Gasteiger partial charge < -0.3 is 28.9 Å². The molecule has 1 fully saturated rings. The molecular weight excluding hydrogens is 574 g/mol. The maximum absolute atomic E-state index is 15.6. The van der Waals surface area contributed by atoms with Gasteiger partial charge in [-0.2, -0.15) is 0 Å². The summed E-state index contributed by atoms with van der Waals surface area (Å²) in [5.41, 5.74) is -1.01. The van der Waals surface area contributed by atoms with Gasteiger partial charge >= 0.3 is 12.6 Å². The van der Waals surface area contributed by atoms with E-state index in [4.69, 9.17) is 41.9 Å². The van der Waals surface area contributed by atoms with Gasteiger partial charge in [0.15, 0.2) is 29.4 Å². The molecule has 0 spiro atoms. The van der Waals surface area contributed by atoms with E-state index in [2.05, 4.69) is 25.4 Å². The average Bonchev–Trinajstić information content (AvgIpc) is 3.45. The number of aromatic nitrogens is 4. The number of ether oxygens (including phenoxy) is 2. The molecule has 16 heteroatoms. The Hall–Kier alpha value is -2.45. The lowest BCUT2D eigenvalue weighted by Gasteiger charge is -2.33. The number of halogens is 2. The number of aryl methyl sites for hydroxylation is 1. The van der Waals surface area contributed by atoms with E-state index >= 15 is 4.39 Å². The number of aliphatic hydroxyl groups is 1. The number of esters is 1. The van der Waals surface area contributed by atoms with E-state index in [0.717, 1.165) is 0 Å². The summed E-state index contributed by atoms with van der Waals surface area (Å²) in [6.45, 7) is -0.729. The zero-order valence-corrected chi connectivity index (χ0v) is 24.0. The zero-order chi connectivity index (χ0) is 28.4. The molecule has 0 amide bonds. The first-order chi connectivity index (χ1) is 18.6. The Kier molecular flexibility index (Phi) is 9.06. The third-order valence-corrected chi connectivity index (χ3v) is 9.03. The first-order valence-electron chi connectivity index (χ1n) is 11.9. The van der Waals surface area contributed by atoms with Gasteiger partial charge in [0.2, 0.25) is 0 Å². The number of para-hydroxylation sites is 1. The molecule has 4 rings (SSSR count). The number of imidazole rings is 1. The number of hydrogen-bond donors (Lipinski definition) is 3. The van der Waals surface area contributed by atoms with Crippen LogP contribution in [0.2, 0.25) is 0 Å². The largest absolute Gasteiger partial charge is 0.468 e. The van der Waals surface area contributed by atoms with Crippen molar-refractivity contribution in [1.29, 1.82) is 0 Å². The van der Waals surface area contributed by atoms with Crippen molar-refractivity contribution in [3.05, 3.63) is 42.5 Å². The van der Waals surface area contributed by atoms with Crippen LogP contribution >= 0.6 is 18.2 Å². The Balaban J connectivity index is 1.62. The summed E-state index contributed by atoms with van der Waals surface area (Å²) in [6.07, 6.45) is -3.60. The van der Waals surface area contributed by atoms with Crippen LogP contribution in [-0.4, -0.2) is 81.2 Å². The number of methoxy groups -OCH3 is 1. The minimum absolute atomic E-state index is 0.309. The summed E-state index contributed by atoms with van der Waals surface area (Å²) in [6, 6.07) is 7.69. The second-order valence-electron chi connectivity index (χ2n) is 8.84. The van der Waals surface area contributed by atoms with Crippen LogP contribution in [0.4, 0.5) is 10.2 Å². The summed E-state index contributed by atoms with van der Waals surface area (Å²) in [5, 5.41) is 16.8. The van der Waals surface area contributed by atoms with Gasteiger partial charge in [0.1, 0.15) is 29.3 Å². The second-order valence-corrected chi connectivity index (χ2v) is 12.2. The number of aliphatic hydroxyl groups excluding tert-OH is 1. The second kappa shape index (κ2) is 12.0. The molecule has 1 aliphatic heterocycles. The van der Waals surface area contributed by atoms with Crippen LogP contribution in [0.5, 0.6) is 5.75 Å². The smallest absolute Gasteiger partial charge is 0.323 e. The van der Waals surface area contributed by atoms with Gasteiger partial charge in [0.05, 0.1) is 25.9 Å². The summed E-state index contributed by atoms with van der Waals surface area (Å²) < 4.78 is 39.8. The molecule has 3 aromatic rings. The number of carbonyl (C=O) groups excluding carboxylic acids is 1. The molecule has 0 aliphatic carbocycles. The minimum atomic E-state index is -3.49. The number of alkyl halides is 2. The highest BCUT2D eigenvalue weighted by molar-refractivity contribution is 8.09. The van der Waals surface area contributed by atoms with Gasteiger partial charge in [-0.15, -0.1) is 11.6 Å². The summed E-state index contributed by atoms with van der Waals surface area (Å²) >= 11 is 11.9. The third kappa shape index (κ3) is 6.02. The van der Waals surface area contributed by atoms with E-state index in [0.29, 0.717) is 28.6 Å². The van der Waals surface area contributed by atoms with E-state index in [9.17, 15) is 9.90 Å². The Labute approximate surface area is 234 Å². The summed E-state index contributed by atoms with van der Waals surface area (Å²) in [4.78, 5) is 25.0. The van der Waals surface area contributed by atoms with Crippen molar-refractivity contribution in [2.45, 2.75) is 44.0 Å². The van der Waals surface area contributed by atoms with E-state index in [-0.39, 0.29) is 5.88 Å². The maximum atomic E-state index is 15.6. The monoisotopic (exact) mass is 602 g/mol. The van der Waals surface area contributed by atoms with E-state index in [1.807, 2.05) is 0 Å². The molecule has 3 heterocycles. The highest BCUT2D eigenvalue weighted by Crippen LogP contribution is 2.49. The fourth-order valence-electron chi connectivity index (χ4n) is 4.06. The van der Waals surface area contributed by atoms with Crippen LogP contribution in [0.15, 0.2) is 36.7 Å². The minimum Gasteiger partial charge on any atom is -0.468 e. The molecule has 12 nitrogen and oxygen atoms in total. The van der Waals surface area contributed by atoms with Crippen LogP contribution in [0.3, 0.4) is 0 Å². The maximum Gasteiger partial charge on any atom is 0.323 e. The molecule has 1 saturated heterocycles. The zero-order valence-electron chi connectivity index (χ0n) is 21.6. The van der Waals surface area contributed by atoms with Gasteiger partial charge in [-0.25, -0.2) is 24.4 Å². The molecule has 0 bridgehead atoms. The van der Waals surface area contributed by atoms with E-state index in [1.54, 1.807) is 44.3 Å². The van der Waals surface area contributed by atoms with Gasteiger partial charge in [-0.1, -0.05) is 18.2 Å². The molecule has 6 atom stereocenters. The molecule has 1 aliphatic rings. The summed E-state index contributed by atoms with van der Waals surface area (Å²) in [5.74, 6) is 0.323. The molecule has 212 valence electrons. The van der Waals surface area contributed by atoms with Crippen LogP contribution in [0.25, 0.3) is 11.2 Å². The lowest BCUT2D eigenvalue weighted by Crippen LogP contribution is -2.48. The molecule has 0 radical (unpaired) electrons.